The van der Waals surface area contributed by atoms with E-state index in [1.165, 1.54) is 11.3 Å². The van der Waals surface area contributed by atoms with E-state index in [0.29, 0.717) is 11.4 Å². The van der Waals surface area contributed by atoms with Crippen LogP contribution >= 0.6 is 11.3 Å². The summed E-state index contributed by atoms with van der Waals surface area (Å²) in [7, 11) is 0. The highest BCUT2D eigenvalue weighted by Crippen LogP contribution is 2.29. The Bertz CT molecular complexity index is 650. The van der Waals surface area contributed by atoms with E-state index in [0.717, 1.165) is 29.0 Å². The third-order valence-corrected chi connectivity index (χ3v) is 4.39. The van der Waals surface area contributed by atoms with E-state index in [1.54, 1.807) is 6.07 Å². The van der Waals surface area contributed by atoms with Crippen LogP contribution in [0.5, 0.6) is 0 Å². The van der Waals surface area contributed by atoms with E-state index in [4.69, 9.17) is 5.11 Å². The van der Waals surface area contributed by atoms with Crippen LogP contribution in [0.15, 0.2) is 18.2 Å². The summed E-state index contributed by atoms with van der Waals surface area (Å²) in [4.78, 5) is 18.5. The lowest BCUT2D eigenvalue weighted by atomic mass is 10.1. The molecule has 3 rings (SSSR count). The summed E-state index contributed by atoms with van der Waals surface area (Å²) in [5.41, 5.74) is -0.668. The number of hydrogen-bond donors (Lipinski definition) is 2. The highest BCUT2D eigenvalue weighted by Gasteiger charge is 2.32. The van der Waals surface area contributed by atoms with Gasteiger partial charge in [-0.15, -0.1) is 11.3 Å². The zero-order valence-electron chi connectivity index (χ0n) is 10.5. The fourth-order valence-electron chi connectivity index (χ4n) is 2.33. The molecule has 0 aliphatic carbocycles. The summed E-state index contributed by atoms with van der Waals surface area (Å²) in [6.45, 7) is 3.14. The lowest BCUT2D eigenvalue weighted by Crippen LogP contribution is -2.29. The third-order valence-electron chi connectivity index (χ3n) is 3.35. The lowest BCUT2D eigenvalue weighted by molar-refractivity contribution is 0.0702. The average molecular weight is 278 g/mol. The van der Waals surface area contributed by atoms with Gasteiger partial charge in [-0.25, -0.2) is 9.78 Å². The van der Waals surface area contributed by atoms with Crippen LogP contribution < -0.4 is 4.90 Å². The van der Waals surface area contributed by atoms with Crippen molar-refractivity contribution in [3.05, 3.63) is 23.1 Å². The number of rotatable bonds is 2. The number of aromatic carboxylic acids is 1. The first-order valence-corrected chi connectivity index (χ1v) is 6.87. The van der Waals surface area contributed by atoms with Gasteiger partial charge >= 0.3 is 5.97 Å². The smallest absolute Gasteiger partial charge is 0.345 e. The predicted octanol–water partition coefficient (Wildman–Crippen LogP) is 1.96. The minimum Gasteiger partial charge on any atom is -0.477 e. The van der Waals surface area contributed by atoms with Gasteiger partial charge in [-0.1, -0.05) is 0 Å². The molecule has 2 aromatic heterocycles. The standard InChI is InChI=1S/C13H14N2O3S/c1-13(18)4-5-15(7-13)10-3-2-8-6-9(12(16)17)19-11(8)14-10/h2-3,6,18H,4-5,7H2,1H3,(H,16,17). The van der Waals surface area contributed by atoms with Crippen molar-refractivity contribution >= 4 is 33.3 Å². The summed E-state index contributed by atoms with van der Waals surface area (Å²) in [6.07, 6.45) is 0.720. The maximum absolute atomic E-state index is 10.9. The Kier molecular flexibility index (Phi) is 2.72. The van der Waals surface area contributed by atoms with Crippen LogP contribution in [-0.2, 0) is 0 Å². The van der Waals surface area contributed by atoms with Crippen molar-refractivity contribution in [3.63, 3.8) is 0 Å². The number of carbonyl (C=O) groups is 1. The Morgan fingerprint density at radius 1 is 1.53 bits per heavy atom. The van der Waals surface area contributed by atoms with Crippen LogP contribution in [0.2, 0.25) is 0 Å². The van der Waals surface area contributed by atoms with Crippen molar-refractivity contribution in [2.24, 2.45) is 0 Å². The topological polar surface area (TPSA) is 73.7 Å². The number of aliphatic hydroxyl groups is 1. The molecule has 2 aromatic rings. The molecular formula is C13H14N2O3S. The summed E-state index contributed by atoms with van der Waals surface area (Å²) in [5, 5.41) is 19.8. The molecule has 0 aromatic carbocycles. The zero-order valence-corrected chi connectivity index (χ0v) is 11.3. The number of aromatic nitrogens is 1. The maximum atomic E-state index is 10.9. The lowest BCUT2D eigenvalue weighted by Gasteiger charge is -2.19. The molecule has 1 atom stereocenters. The number of carboxylic acids is 1. The minimum absolute atomic E-state index is 0.299. The van der Waals surface area contributed by atoms with Gasteiger partial charge in [0.2, 0.25) is 0 Å². The molecule has 0 spiro atoms. The highest BCUT2D eigenvalue weighted by atomic mass is 32.1. The number of pyridine rings is 1. The first-order chi connectivity index (χ1) is 8.94. The maximum Gasteiger partial charge on any atom is 0.345 e. The Labute approximate surface area is 114 Å². The minimum atomic E-state index is -0.923. The first kappa shape index (κ1) is 12.4. The average Bonchev–Trinajstić information content (AvgIpc) is 2.91. The van der Waals surface area contributed by atoms with E-state index in [1.807, 2.05) is 24.0 Å². The first-order valence-electron chi connectivity index (χ1n) is 6.06. The van der Waals surface area contributed by atoms with Crippen LogP contribution in [0.3, 0.4) is 0 Å². The monoisotopic (exact) mass is 278 g/mol. The summed E-state index contributed by atoms with van der Waals surface area (Å²) >= 11 is 1.18. The van der Waals surface area contributed by atoms with Crippen LogP contribution in [0.1, 0.15) is 23.0 Å². The zero-order chi connectivity index (χ0) is 13.6. The molecule has 0 radical (unpaired) electrons. The van der Waals surface area contributed by atoms with Crippen LogP contribution in [0, 0.1) is 0 Å². The Morgan fingerprint density at radius 2 is 2.32 bits per heavy atom. The van der Waals surface area contributed by atoms with Crippen molar-refractivity contribution in [3.8, 4) is 0 Å². The van der Waals surface area contributed by atoms with Crippen LogP contribution in [0.4, 0.5) is 5.82 Å². The normalized spacial score (nSPS) is 23.2. The number of carboxylic acid groups (broad SMARTS) is 1. The molecule has 3 heterocycles. The molecule has 0 bridgehead atoms. The van der Waals surface area contributed by atoms with Crippen molar-refractivity contribution in [1.82, 2.24) is 4.98 Å². The van der Waals surface area contributed by atoms with E-state index < -0.39 is 11.6 Å². The SMILES string of the molecule is CC1(O)CCN(c2ccc3cc(C(=O)O)sc3n2)C1. The summed E-state index contributed by atoms with van der Waals surface area (Å²) in [5.74, 6) is -0.127. The van der Waals surface area contributed by atoms with Crippen LogP contribution in [0.25, 0.3) is 10.2 Å². The van der Waals surface area contributed by atoms with E-state index in [9.17, 15) is 9.90 Å². The number of nitrogens with zero attached hydrogens (tertiary/aromatic N) is 2. The molecule has 0 amide bonds. The van der Waals surface area contributed by atoms with E-state index in [-0.39, 0.29) is 0 Å². The second-order valence-electron chi connectivity index (χ2n) is 5.15. The molecule has 100 valence electrons. The summed E-state index contributed by atoms with van der Waals surface area (Å²) in [6, 6.07) is 5.40. The number of fused-ring (bicyclic) bond motifs is 1. The summed E-state index contributed by atoms with van der Waals surface area (Å²) < 4.78 is 0. The van der Waals surface area contributed by atoms with Gasteiger partial charge in [-0.3, -0.25) is 0 Å². The van der Waals surface area contributed by atoms with Gasteiger partial charge in [0.15, 0.2) is 0 Å². The largest absolute Gasteiger partial charge is 0.477 e. The molecular weight excluding hydrogens is 264 g/mol. The van der Waals surface area contributed by atoms with Crippen molar-refractivity contribution < 1.29 is 15.0 Å². The molecule has 0 saturated carbocycles. The number of β-amino-alcohol motifs (C(OH)–C–C–N with tert-alkyl or cyclic N) is 1. The fraction of sp³-hybridized carbons (Fsp3) is 0.385. The third kappa shape index (κ3) is 2.29. The molecule has 1 aliphatic heterocycles. The second kappa shape index (κ2) is 4.18. The second-order valence-corrected chi connectivity index (χ2v) is 6.18. The molecule has 5 nitrogen and oxygen atoms in total. The van der Waals surface area contributed by atoms with Gasteiger partial charge in [0.25, 0.3) is 0 Å². The number of hydrogen-bond acceptors (Lipinski definition) is 5. The van der Waals surface area contributed by atoms with Gasteiger partial charge in [0.1, 0.15) is 15.5 Å². The molecule has 6 heteroatoms. The van der Waals surface area contributed by atoms with Crippen molar-refractivity contribution in [2.45, 2.75) is 18.9 Å². The quantitative estimate of drug-likeness (QED) is 0.878. The molecule has 2 N–H and O–H groups in total. The van der Waals surface area contributed by atoms with Gasteiger partial charge in [-0.05, 0) is 31.5 Å². The number of anilines is 1. The molecule has 1 unspecified atom stereocenters. The van der Waals surface area contributed by atoms with Gasteiger partial charge in [-0.2, -0.15) is 0 Å². The number of thiophene rings is 1. The van der Waals surface area contributed by atoms with Crippen LogP contribution in [-0.4, -0.2) is 39.9 Å². The van der Waals surface area contributed by atoms with E-state index in [2.05, 4.69) is 4.98 Å². The van der Waals surface area contributed by atoms with E-state index >= 15 is 0 Å². The Morgan fingerprint density at radius 3 is 2.95 bits per heavy atom. The van der Waals surface area contributed by atoms with Gasteiger partial charge < -0.3 is 15.1 Å². The van der Waals surface area contributed by atoms with Gasteiger partial charge in [0, 0.05) is 18.5 Å². The highest BCUT2D eigenvalue weighted by molar-refractivity contribution is 7.20. The molecule has 1 fully saturated rings. The van der Waals surface area contributed by atoms with Crippen molar-refractivity contribution in [1.29, 1.82) is 0 Å². The molecule has 1 aliphatic rings. The Hall–Kier alpha value is -1.66. The predicted molar refractivity (Wildman–Crippen MR) is 74.0 cm³/mol. The molecule has 19 heavy (non-hydrogen) atoms. The fourth-order valence-corrected chi connectivity index (χ4v) is 3.20. The molecule has 1 saturated heterocycles. The van der Waals surface area contributed by atoms with Gasteiger partial charge in [0.05, 0.1) is 5.60 Å². The Balaban J connectivity index is 1.95. The van der Waals surface area contributed by atoms with Crippen molar-refractivity contribution in [2.75, 3.05) is 18.0 Å².